The van der Waals surface area contributed by atoms with Crippen LogP contribution in [0.2, 0.25) is 0 Å². The van der Waals surface area contributed by atoms with Gasteiger partial charge in [-0.15, -0.1) is 0 Å². The molecule has 1 heterocycles. The first-order valence-corrected chi connectivity index (χ1v) is 7.18. The van der Waals surface area contributed by atoms with E-state index < -0.39 is 0 Å². The third kappa shape index (κ3) is 5.36. The summed E-state index contributed by atoms with van der Waals surface area (Å²) < 4.78 is 5.69. The minimum atomic E-state index is -0.284. The van der Waals surface area contributed by atoms with Gasteiger partial charge in [0.05, 0.1) is 18.8 Å². The molecular formula is C14H29NO2. The predicted octanol–water partition coefficient (Wildman–Crippen LogP) is 2.43. The average molecular weight is 243 g/mol. The second-order valence-electron chi connectivity index (χ2n) is 5.41. The number of hydrogen-bond acceptors (Lipinski definition) is 3. The molecule has 1 rings (SSSR count). The van der Waals surface area contributed by atoms with Crippen molar-refractivity contribution >= 4 is 0 Å². The first-order valence-electron chi connectivity index (χ1n) is 7.18. The number of rotatable bonds is 7. The highest BCUT2D eigenvalue weighted by atomic mass is 16.5. The molecule has 3 nitrogen and oxygen atoms in total. The molecule has 0 aromatic carbocycles. The van der Waals surface area contributed by atoms with Crippen LogP contribution in [0.1, 0.15) is 52.9 Å². The molecule has 1 saturated heterocycles. The van der Waals surface area contributed by atoms with Crippen LogP contribution in [0, 0.1) is 0 Å². The predicted molar refractivity (Wildman–Crippen MR) is 71.2 cm³/mol. The number of aliphatic hydroxyl groups excluding tert-OH is 1. The van der Waals surface area contributed by atoms with E-state index in [4.69, 9.17) is 4.74 Å². The molecule has 2 atom stereocenters. The Morgan fingerprint density at radius 3 is 2.71 bits per heavy atom. The van der Waals surface area contributed by atoms with Gasteiger partial charge in [-0.25, -0.2) is 0 Å². The van der Waals surface area contributed by atoms with E-state index >= 15 is 0 Å². The molecule has 0 aromatic heterocycles. The zero-order chi connectivity index (χ0) is 12.7. The summed E-state index contributed by atoms with van der Waals surface area (Å²) in [5.74, 6) is 0. The largest absolute Gasteiger partial charge is 0.390 e. The summed E-state index contributed by atoms with van der Waals surface area (Å²) in [5, 5.41) is 10.1. The molecule has 2 unspecified atom stereocenters. The van der Waals surface area contributed by atoms with Gasteiger partial charge in [0, 0.05) is 19.1 Å². The first kappa shape index (κ1) is 14.9. The topological polar surface area (TPSA) is 32.7 Å². The van der Waals surface area contributed by atoms with Gasteiger partial charge in [-0.05, 0) is 20.3 Å². The van der Waals surface area contributed by atoms with E-state index in [-0.39, 0.29) is 12.2 Å². The van der Waals surface area contributed by atoms with Gasteiger partial charge in [0.1, 0.15) is 0 Å². The molecule has 0 radical (unpaired) electrons. The minimum absolute atomic E-state index is 0.0211. The summed E-state index contributed by atoms with van der Waals surface area (Å²) in [6.45, 7) is 9.26. The SMILES string of the molecule is CCCCCCC(O)C1CN(C(C)C)CCO1. The summed E-state index contributed by atoms with van der Waals surface area (Å²) in [7, 11) is 0. The Hall–Kier alpha value is -0.120. The van der Waals surface area contributed by atoms with Crippen molar-refractivity contribution in [2.75, 3.05) is 19.7 Å². The summed E-state index contributed by atoms with van der Waals surface area (Å²) in [5.41, 5.74) is 0. The normalized spacial score (nSPS) is 24.2. The van der Waals surface area contributed by atoms with Gasteiger partial charge in [-0.1, -0.05) is 32.6 Å². The van der Waals surface area contributed by atoms with Crippen LogP contribution in [0.4, 0.5) is 0 Å². The zero-order valence-electron chi connectivity index (χ0n) is 11.7. The number of morpholine rings is 1. The van der Waals surface area contributed by atoms with Crippen LogP contribution in [-0.2, 0) is 4.74 Å². The molecule has 0 saturated carbocycles. The highest BCUT2D eigenvalue weighted by molar-refractivity contribution is 4.79. The second kappa shape index (κ2) is 8.06. The van der Waals surface area contributed by atoms with Crippen molar-refractivity contribution < 1.29 is 9.84 Å². The number of hydrogen-bond donors (Lipinski definition) is 1. The molecule has 0 aromatic rings. The summed E-state index contributed by atoms with van der Waals surface area (Å²) in [6, 6.07) is 0.550. The smallest absolute Gasteiger partial charge is 0.0961 e. The van der Waals surface area contributed by atoms with Crippen molar-refractivity contribution in [2.24, 2.45) is 0 Å². The molecular weight excluding hydrogens is 214 g/mol. The Kier molecular flexibility index (Phi) is 7.09. The lowest BCUT2D eigenvalue weighted by atomic mass is 10.0. The number of unbranched alkanes of at least 4 members (excludes halogenated alkanes) is 3. The van der Waals surface area contributed by atoms with Crippen molar-refractivity contribution in [3.05, 3.63) is 0 Å². The van der Waals surface area contributed by atoms with Gasteiger partial charge in [-0.3, -0.25) is 4.90 Å². The van der Waals surface area contributed by atoms with E-state index in [1.54, 1.807) is 0 Å². The quantitative estimate of drug-likeness (QED) is 0.697. The van der Waals surface area contributed by atoms with E-state index in [0.717, 1.165) is 32.5 Å². The molecule has 3 heteroatoms. The molecule has 0 aliphatic carbocycles. The van der Waals surface area contributed by atoms with Gasteiger partial charge >= 0.3 is 0 Å². The van der Waals surface area contributed by atoms with E-state index in [1.807, 2.05) is 0 Å². The lowest BCUT2D eigenvalue weighted by Gasteiger charge is -2.37. The number of nitrogens with zero attached hydrogens (tertiary/aromatic N) is 1. The van der Waals surface area contributed by atoms with Gasteiger partial charge in [0.2, 0.25) is 0 Å². The van der Waals surface area contributed by atoms with E-state index in [0.29, 0.717) is 6.04 Å². The zero-order valence-corrected chi connectivity index (χ0v) is 11.7. The molecule has 1 aliphatic rings. The monoisotopic (exact) mass is 243 g/mol. The average Bonchev–Trinajstić information content (AvgIpc) is 2.34. The standard InChI is InChI=1S/C14H29NO2/c1-4-5-6-7-8-13(16)14-11-15(12(2)3)9-10-17-14/h12-14,16H,4-11H2,1-3H3. The van der Waals surface area contributed by atoms with Crippen LogP contribution in [0.3, 0.4) is 0 Å². The molecule has 0 amide bonds. The number of aliphatic hydroxyl groups is 1. The lowest BCUT2D eigenvalue weighted by molar-refractivity contribution is -0.0968. The van der Waals surface area contributed by atoms with Gasteiger partial charge in [0.15, 0.2) is 0 Å². The summed E-state index contributed by atoms with van der Waals surface area (Å²) in [4.78, 5) is 2.39. The number of ether oxygens (including phenoxy) is 1. The molecule has 0 spiro atoms. The second-order valence-corrected chi connectivity index (χ2v) is 5.41. The fourth-order valence-electron chi connectivity index (χ4n) is 2.36. The summed E-state index contributed by atoms with van der Waals surface area (Å²) >= 11 is 0. The van der Waals surface area contributed by atoms with Crippen LogP contribution in [-0.4, -0.2) is 48.0 Å². The Morgan fingerprint density at radius 1 is 1.29 bits per heavy atom. The van der Waals surface area contributed by atoms with Crippen LogP contribution < -0.4 is 0 Å². The molecule has 1 aliphatic heterocycles. The molecule has 0 bridgehead atoms. The highest BCUT2D eigenvalue weighted by Crippen LogP contribution is 2.16. The van der Waals surface area contributed by atoms with Crippen molar-refractivity contribution in [3.8, 4) is 0 Å². The van der Waals surface area contributed by atoms with Gasteiger partial charge < -0.3 is 9.84 Å². The third-order valence-electron chi connectivity index (χ3n) is 3.64. The molecule has 1 N–H and O–H groups in total. The third-order valence-corrected chi connectivity index (χ3v) is 3.64. The Bertz CT molecular complexity index is 197. The molecule has 1 fully saturated rings. The molecule has 102 valence electrons. The maximum absolute atomic E-state index is 10.1. The van der Waals surface area contributed by atoms with Gasteiger partial charge in [0.25, 0.3) is 0 Å². The fraction of sp³-hybridized carbons (Fsp3) is 1.00. The fourth-order valence-corrected chi connectivity index (χ4v) is 2.36. The van der Waals surface area contributed by atoms with E-state index in [2.05, 4.69) is 25.7 Å². The maximum Gasteiger partial charge on any atom is 0.0961 e. The van der Waals surface area contributed by atoms with E-state index in [9.17, 15) is 5.11 Å². The summed E-state index contributed by atoms with van der Waals surface area (Å²) in [6.07, 6.45) is 5.50. The Morgan fingerprint density at radius 2 is 2.06 bits per heavy atom. The minimum Gasteiger partial charge on any atom is -0.390 e. The lowest BCUT2D eigenvalue weighted by Crippen LogP contribution is -2.50. The van der Waals surface area contributed by atoms with Crippen molar-refractivity contribution in [3.63, 3.8) is 0 Å². The highest BCUT2D eigenvalue weighted by Gasteiger charge is 2.27. The van der Waals surface area contributed by atoms with Crippen molar-refractivity contribution in [2.45, 2.75) is 71.1 Å². The van der Waals surface area contributed by atoms with Crippen LogP contribution >= 0.6 is 0 Å². The maximum atomic E-state index is 10.1. The van der Waals surface area contributed by atoms with E-state index in [1.165, 1.54) is 19.3 Å². The van der Waals surface area contributed by atoms with Crippen molar-refractivity contribution in [1.82, 2.24) is 4.90 Å². The first-order chi connectivity index (χ1) is 8.15. The van der Waals surface area contributed by atoms with Crippen LogP contribution in [0.25, 0.3) is 0 Å². The van der Waals surface area contributed by atoms with Gasteiger partial charge in [-0.2, -0.15) is 0 Å². The van der Waals surface area contributed by atoms with Crippen LogP contribution in [0.15, 0.2) is 0 Å². The Balaban J connectivity index is 2.23. The Labute approximate surface area is 106 Å². The molecule has 17 heavy (non-hydrogen) atoms. The van der Waals surface area contributed by atoms with Crippen molar-refractivity contribution in [1.29, 1.82) is 0 Å². The van der Waals surface area contributed by atoms with Crippen LogP contribution in [0.5, 0.6) is 0 Å².